The quantitative estimate of drug-likeness (QED) is 0.437. The van der Waals surface area contributed by atoms with Gasteiger partial charge >= 0.3 is 0 Å². The van der Waals surface area contributed by atoms with Crippen LogP contribution >= 0.6 is 22.9 Å². The highest BCUT2D eigenvalue weighted by atomic mass is 35.5. The van der Waals surface area contributed by atoms with E-state index >= 15 is 0 Å². The summed E-state index contributed by atoms with van der Waals surface area (Å²) in [7, 11) is -3.59. The van der Waals surface area contributed by atoms with Crippen LogP contribution in [-0.2, 0) is 16.4 Å². The fourth-order valence-corrected chi connectivity index (χ4v) is 5.11. The zero-order valence-corrected chi connectivity index (χ0v) is 18.2. The molecule has 0 fully saturated rings. The monoisotopic (exact) mass is 457 g/mol. The van der Waals surface area contributed by atoms with Crippen LogP contribution in [0.5, 0.6) is 0 Å². The van der Waals surface area contributed by atoms with Crippen LogP contribution in [0.2, 0.25) is 5.02 Å². The van der Waals surface area contributed by atoms with E-state index in [1.54, 1.807) is 48.7 Å². The SMILES string of the molecule is CS(=O)(=O)c1ccccc1C(=O)N(Cc1ccccn1)c1nc2ccc(Cl)cc2s1. The first-order chi connectivity index (χ1) is 14.3. The number of halogens is 1. The van der Waals surface area contributed by atoms with Gasteiger partial charge in [-0.2, -0.15) is 0 Å². The summed E-state index contributed by atoms with van der Waals surface area (Å²) in [5, 5.41) is 1.01. The molecule has 0 saturated carbocycles. The summed E-state index contributed by atoms with van der Waals surface area (Å²) < 4.78 is 25.3. The van der Waals surface area contributed by atoms with Gasteiger partial charge < -0.3 is 0 Å². The molecule has 9 heteroatoms. The number of carbonyl (C=O) groups excluding carboxylic acids is 1. The molecular weight excluding hydrogens is 442 g/mol. The van der Waals surface area contributed by atoms with Crippen molar-refractivity contribution in [3.8, 4) is 0 Å². The van der Waals surface area contributed by atoms with E-state index < -0.39 is 15.7 Å². The highest BCUT2D eigenvalue weighted by Gasteiger charge is 2.26. The van der Waals surface area contributed by atoms with Gasteiger partial charge in [-0.05, 0) is 42.5 Å². The van der Waals surface area contributed by atoms with Gasteiger partial charge in [0.15, 0.2) is 15.0 Å². The second kappa shape index (κ2) is 8.14. The fourth-order valence-electron chi connectivity index (χ4n) is 2.99. The van der Waals surface area contributed by atoms with Gasteiger partial charge in [-0.25, -0.2) is 13.4 Å². The Balaban J connectivity index is 1.84. The lowest BCUT2D eigenvalue weighted by atomic mass is 10.2. The van der Waals surface area contributed by atoms with Crippen molar-refractivity contribution in [2.75, 3.05) is 11.2 Å². The Morgan fingerprint density at radius 1 is 1.10 bits per heavy atom. The molecule has 0 aliphatic rings. The van der Waals surface area contributed by atoms with Gasteiger partial charge in [0, 0.05) is 17.5 Å². The maximum atomic E-state index is 13.5. The molecule has 0 aliphatic heterocycles. The molecule has 0 atom stereocenters. The van der Waals surface area contributed by atoms with E-state index in [1.165, 1.54) is 28.4 Å². The molecule has 4 rings (SSSR count). The molecule has 152 valence electrons. The maximum absolute atomic E-state index is 13.5. The van der Waals surface area contributed by atoms with Crippen molar-refractivity contribution < 1.29 is 13.2 Å². The standard InChI is InChI=1S/C21H16ClN3O3S2/c1-30(27,28)19-8-3-2-7-16(19)20(26)25(13-15-6-4-5-11-23-15)21-24-17-10-9-14(22)12-18(17)29-21/h2-12H,13H2,1H3. The van der Waals surface area contributed by atoms with Crippen molar-refractivity contribution in [1.29, 1.82) is 0 Å². The number of thiazole rings is 1. The number of sulfone groups is 1. The van der Waals surface area contributed by atoms with E-state index in [-0.39, 0.29) is 17.0 Å². The average Bonchev–Trinajstić information content (AvgIpc) is 3.14. The molecule has 2 aromatic heterocycles. The largest absolute Gasteiger partial charge is 0.278 e. The van der Waals surface area contributed by atoms with Crippen molar-refractivity contribution >= 4 is 54.0 Å². The number of hydrogen-bond donors (Lipinski definition) is 0. The van der Waals surface area contributed by atoms with E-state index in [4.69, 9.17) is 11.6 Å². The molecule has 2 aromatic carbocycles. The lowest BCUT2D eigenvalue weighted by molar-refractivity contribution is 0.0981. The van der Waals surface area contributed by atoms with Gasteiger partial charge in [0.2, 0.25) is 0 Å². The number of hydrogen-bond acceptors (Lipinski definition) is 6. The van der Waals surface area contributed by atoms with Gasteiger partial charge in [-0.1, -0.05) is 41.1 Å². The predicted octanol–water partition coefficient (Wildman–Crippen LogP) is 4.60. The number of pyridine rings is 1. The van der Waals surface area contributed by atoms with Crippen LogP contribution in [0, 0.1) is 0 Å². The number of fused-ring (bicyclic) bond motifs is 1. The van der Waals surface area contributed by atoms with Crippen molar-refractivity contribution in [2.24, 2.45) is 0 Å². The van der Waals surface area contributed by atoms with E-state index in [0.717, 1.165) is 11.0 Å². The van der Waals surface area contributed by atoms with Gasteiger partial charge in [-0.3, -0.25) is 14.7 Å². The lowest BCUT2D eigenvalue weighted by Gasteiger charge is -2.20. The minimum absolute atomic E-state index is 0.0230. The van der Waals surface area contributed by atoms with E-state index in [0.29, 0.717) is 21.4 Å². The molecule has 0 bridgehead atoms. The third-order valence-corrected chi connectivity index (χ3v) is 6.81. The molecular formula is C21H16ClN3O3S2. The Hall–Kier alpha value is -2.81. The topological polar surface area (TPSA) is 80.2 Å². The van der Waals surface area contributed by atoms with E-state index in [2.05, 4.69) is 9.97 Å². The lowest BCUT2D eigenvalue weighted by Crippen LogP contribution is -2.31. The molecule has 2 heterocycles. The summed E-state index contributed by atoms with van der Waals surface area (Å²) >= 11 is 7.40. The first-order valence-electron chi connectivity index (χ1n) is 8.90. The van der Waals surface area contributed by atoms with Crippen LogP contribution in [-0.4, -0.2) is 30.5 Å². The Bertz CT molecular complexity index is 1340. The summed E-state index contributed by atoms with van der Waals surface area (Å²) in [6.07, 6.45) is 2.72. The molecule has 0 unspecified atom stereocenters. The molecule has 30 heavy (non-hydrogen) atoms. The fraction of sp³-hybridized carbons (Fsp3) is 0.0952. The summed E-state index contributed by atoms with van der Waals surface area (Å²) in [6, 6.07) is 16.9. The van der Waals surface area contributed by atoms with E-state index in [1.807, 2.05) is 6.07 Å². The third kappa shape index (κ3) is 4.21. The zero-order valence-electron chi connectivity index (χ0n) is 15.8. The second-order valence-corrected chi connectivity index (χ2v) is 10.0. The molecule has 6 nitrogen and oxygen atoms in total. The Morgan fingerprint density at radius 3 is 2.60 bits per heavy atom. The summed E-state index contributed by atoms with van der Waals surface area (Å²) in [4.78, 5) is 23.8. The van der Waals surface area contributed by atoms with Crippen LogP contribution in [0.25, 0.3) is 10.2 Å². The highest BCUT2D eigenvalue weighted by Crippen LogP contribution is 2.33. The molecule has 4 aromatic rings. The Kier molecular flexibility index (Phi) is 5.55. The number of anilines is 1. The first kappa shape index (κ1) is 20.5. The predicted molar refractivity (Wildman–Crippen MR) is 119 cm³/mol. The smallest absolute Gasteiger partial charge is 0.261 e. The van der Waals surface area contributed by atoms with Crippen molar-refractivity contribution in [1.82, 2.24) is 9.97 Å². The number of amides is 1. The second-order valence-electron chi connectivity index (χ2n) is 6.59. The normalized spacial score (nSPS) is 11.5. The minimum atomic E-state index is -3.59. The summed E-state index contributed by atoms with van der Waals surface area (Å²) in [6.45, 7) is 0.144. The van der Waals surface area contributed by atoms with Crippen molar-refractivity contribution in [2.45, 2.75) is 11.4 Å². The van der Waals surface area contributed by atoms with Gasteiger partial charge in [0.05, 0.1) is 32.9 Å². The van der Waals surface area contributed by atoms with Gasteiger partial charge in [0.25, 0.3) is 5.91 Å². The van der Waals surface area contributed by atoms with Crippen LogP contribution in [0.4, 0.5) is 5.13 Å². The minimum Gasteiger partial charge on any atom is -0.278 e. The summed E-state index contributed by atoms with van der Waals surface area (Å²) in [5.41, 5.74) is 1.45. The molecule has 0 spiro atoms. The van der Waals surface area contributed by atoms with Gasteiger partial charge in [-0.15, -0.1) is 0 Å². The van der Waals surface area contributed by atoms with Crippen molar-refractivity contribution in [3.63, 3.8) is 0 Å². The summed E-state index contributed by atoms with van der Waals surface area (Å²) in [5.74, 6) is -0.466. The van der Waals surface area contributed by atoms with Crippen LogP contribution < -0.4 is 4.90 Å². The molecule has 0 radical (unpaired) electrons. The number of aromatic nitrogens is 2. The molecule has 0 saturated heterocycles. The number of nitrogens with zero attached hydrogens (tertiary/aromatic N) is 3. The highest BCUT2D eigenvalue weighted by molar-refractivity contribution is 7.90. The van der Waals surface area contributed by atoms with Crippen LogP contribution in [0.3, 0.4) is 0 Å². The number of carbonyl (C=O) groups is 1. The zero-order chi connectivity index (χ0) is 21.3. The molecule has 1 amide bonds. The molecule has 0 aliphatic carbocycles. The Morgan fingerprint density at radius 2 is 1.87 bits per heavy atom. The van der Waals surface area contributed by atoms with Crippen LogP contribution in [0.15, 0.2) is 71.8 Å². The maximum Gasteiger partial charge on any atom is 0.261 e. The van der Waals surface area contributed by atoms with Crippen molar-refractivity contribution in [3.05, 3.63) is 83.1 Å². The van der Waals surface area contributed by atoms with Crippen LogP contribution in [0.1, 0.15) is 16.1 Å². The number of rotatable bonds is 5. The first-order valence-corrected chi connectivity index (χ1v) is 12.0. The Labute approximate surface area is 182 Å². The average molecular weight is 458 g/mol. The van der Waals surface area contributed by atoms with Gasteiger partial charge in [0.1, 0.15) is 0 Å². The number of benzene rings is 2. The molecule has 0 N–H and O–H groups in total. The van der Waals surface area contributed by atoms with E-state index in [9.17, 15) is 13.2 Å². The third-order valence-electron chi connectivity index (χ3n) is 4.38.